The van der Waals surface area contributed by atoms with Gasteiger partial charge in [0.1, 0.15) is 5.75 Å². The topological polar surface area (TPSA) is 26.3 Å². The van der Waals surface area contributed by atoms with Crippen LogP contribution in [0.4, 0.5) is 0 Å². The number of ether oxygens (including phenoxy) is 1. The van der Waals surface area contributed by atoms with Crippen molar-refractivity contribution in [1.29, 1.82) is 0 Å². The molecule has 0 heterocycles. The van der Waals surface area contributed by atoms with Crippen molar-refractivity contribution in [3.8, 4) is 5.75 Å². The van der Waals surface area contributed by atoms with E-state index in [4.69, 9.17) is 4.74 Å². The molecule has 0 amide bonds. The Balaban J connectivity index is 2.55. The summed E-state index contributed by atoms with van der Waals surface area (Å²) in [6.45, 7) is 4.33. The van der Waals surface area contributed by atoms with Crippen molar-refractivity contribution in [3.63, 3.8) is 0 Å². The lowest BCUT2D eigenvalue weighted by atomic mass is 10.0. The molecule has 88 valence electrons. The Hall–Kier alpha value is -1.83. The van der Waals surface area contributed by atoms with Gasteiger partial charge >= 0.3 is 0 Å². The van der Waals surface area contributed by atoms with E-state index in [-0.39, 0.29) is 5.78 Å². The Labute approximate surface area is 101 Å². The molecule has 0 aliphatic heterocycles. The summed E-state index contributed by atoms with van der Waals surface area (Å²) in [4.78, 5) is 11.6. The normalized spacial score (nSPS) is 10.5. The Bertz CT molecular complexity index is 544. The van der Waals surface area contributed by atoms with Crippen molar-refractivity contribution in [2.75, 3.05) is 6.61 Å². The van der Waals surface area contributed by atoms with E-state index in [1.165, 1.54) is 0 Å². The lowest BCUT2D eigenvalue weighted by Crippen LogP contribution is -1.99. The van der Waals surface area contributed by atoms with Crippen molar-refractivity contribution in [1.82, 2.24) is 0 Å². The summed E-state index contributed by atoms with van der Waals surface area (Å²) in [6, 6.07) is 11.7. The van der Waals surface area contributed by atoms with Gasteiger partial charge in [0.15, 0.2) is 5.78 Å². The first-order valence-electron chi connectivity index (χ1n) is 5.89. The largest absolute Gasteiger partial charge is 0.494 e. The second kappa shape index (κ2) is 5.00. The first-order chi connectivity index (χ1) is 8.22. The molecule has 17 heavy (non-hydrogen) atoms. The first kappa shape index (κ1) is 11.6. The lowest BCUT2D eigenvalue weighted by molar-refractivity contribution is 0.101. The molecular formula is C15H16O2. The van der Waals surface area contributed by atoms with Crippen LogP contribution in [0.1, 0.15) is 30.6 Å². The number of carbonyl (C=O) groups excluding carboxylic acids is 1. The second-order valence-electron chi connectivity index (χ2n) is 4.10. The molecule has 0 spiro atoms. The van der Waals surface area contributed by atoms with Gasteiger partial charge in [-0.2, -0.15) is 0 Å². The van der Waals surface area contributed by atoms with Crippen LogP contribution in [0.25, 0.3) is 10.8 Å². The molecule has 0 atom stereocenters. The fraction of sp³-hybridized carbons (Fsp3) is 0.267. The van der Waals surface area contributed by atoms with Crippen LogP contribution >= 0.6 is 0 Å². The Morgan fingerprint density at radius 2 is 2.00 bits per heavy atom. The number of hydrogen-bond donors (Lipinski definition) is 0. The van der Waals surface area contributed by atoms with Crippen LogP contribution in [-0.4, -0.2) is 12.4 Å². The zero-order valence-electron chi connectivity index (χ0n) is 10.2. The first-order valence-corrected chi connectivity index (χ1v) is 5.89. The van der Waals surface area contributed by atoms with Crippen molar-refractivity contribution in [3.05, 3.63) is 42.0 Å². The van der Waals surface area contributed by atoms with Gasteiger partial charge in [-0.15, -0.1) is 0 Å². The number of hydrogen-bond acceptors (Lipinski definition) is 2. The van der Waals surface area contributed by atoms with Gasteiger partial charge < -0.3 is 4.74 Å². The molecule has 0 radical (unpaired) electrons. The maximum absolute atomic E-state index is 11.6. The average Bonchev–Trinajstić information content (AvgIpc) is 2.35. The van der Waals surface area contributed by atoms with Crippen LogP contribution in [0.15, 0.2) is 36.4 Å². The smallest absolute Gasteiger partial charge is 0.160 e. The van der Waals surface area contributed by atoms with E-state index in [1.807, 2.05) is 36.4 Å². The molecule has 2 aromatic carbocycles. The Morgan fingerprint density at radius 1 is 1.24 bits per heavy atom. The molecule has 0 saturated heterocycles. The van der Waals surface area contributed by atoms with Crippen molar-refractivity contribution in [2.24, 2.45) is 0 Å². The minimum Gasteiger partial charge on any atom is -0.494 e. The predicted molar refractivity (Wildman–Crippen MR) is 69.7 cm³/mol. The van der Waals surface area contributed by atoms with Gasteiger partial charge in [0, 0.05) is 5.56 Å². The predicted octanol–water partition coefficient (Wildman–Crippen LogP) is 3.83. The van der Waals surface area contributed by atoms with E-state index < -0.39 is 0 Å². The van der Waals surface area contributed by atoms with Crippen LogP contribution in [0.3, 0.4) is 0 Å². The highest BCUT2D eigenvalue weighted by molar-refractivity contribution is 6.07. The molecule has 0 aromatic heterocycles. The van der Waals surface area contributed by atoms with Gasteiger partial charge in [0.05, 0.1) is 6.61 Å². The fourth-order valence-electron chi connectivity index (χ4n) is 1.88. The van der Waals surface area contributed by atoms with E-state index in [9.17, 15) is 4.79 Å². The number of Topliss-reactive ketones (excluding diaryl/α,β-unsaturated/α-hetero) is 1. The highest BCUT2D eigenvalue weighted by Gasteiger charge is 2.08. The number of carbonyl (C=O) groups is 1. The maximum atomic E-state index is 11.6. The summed E-state index contributed by atoms with van der Waals surface area (Å²) in [5.41, 5.74) is 0.731. The third-order valence-corrected chi connectivity index (χ3v) is 2.69. The fourth-order valence-corrected chi connectivity index (χ4v) is 1.88. The minimum atomic E-state index is 0.0724. The Morgan fingerprint density at radius 3 is 2.71 bits per heavy atom. The number of ketones is 1. The van der Waals surface area contributed by atoms with Crippen LogP contribution < -0.4 is 4.74 Å². The van der Waals surface area contributed by atoms with Crippen LogP contribution in [0.2, 0.25) is 0 Å². The van der Waals surface area contributed by atoms with Crippen molar-refractivity contribution >= 4 is 16.6 Å². The Kier molecular flexibility index (Phi) is 3.43. The quantitative estimate of drug-likeness (QED) is 0.743. The van der Waals surface area contributed by atoms with Gasteiger partial charge in [-0.1, -0.05) is 31.2 Å². The molecule has 0 bridgehead atoms. The molecule has 2 rings (SSSR count). The molecule has 0 aliphatic carbocycles. The monoisotopic (exact) mass is 228 g/mol. The second-order valence-corrected chi connectivity index (χ2v) is 4.10. The summed E-state index contributed by atoms with van der Waals surface area (Å²) >= 11 is 0. The third kappa shape index (κ3) is 2.47. The van der Waals surface area contributed by atoms with Crippen LogP contribution in [0.5, 0.6) is 5.75 Å². The molecular weight excluding hydrogens is 212 g/mol. The number of fused-ring (bicyclic) bond motifs is 1. The number of rotatable bonds is 4. The van der Waals surface area contributed by atoms with E-state index >= 15 is 0 Å². The molecule has 0 unspecified atom stereocenters. The molecule has 2 heteroatoms. The molecule has 2 nitrogen and oxygen atoms in total. The van der Waals surface area contributed by atoms with E-state index in [1.54, 1.807) is 6.92 Å². The summed E-state index contributed by atoms with van der Waals surface area (Å²) in [7, 11) is 0. The standard InChI is InChI=1S/C15H16O2/c1-3-8-17-13-9-12-6-4-5-7-14(12)15(10-13)11(2)16/h4-7,9-10H,3,8H2,1-2H3. The van der Waals surface area contributed by atoms with Gasteiger partial charge in [-0.3, -0.25) is 4.79 Å². The number of benzene rings is 2. The zero-order valence-corrected chi connectivity index (χ0v) is 10.2. The van der Waals surface area contributed by atoms with Crippen LogP contribution in [-0.2, 0) is 0 Å². The summed E-state index contributed by atoms with van der Waals surface area (Å²) < 4.78 is 5.60. The highest BCUT2D eigenvalue weighted by Crippen LogP contribution is 2.25. The van der Waals surface area contributed by atoms with E-state index in [2.05, 4.69) is 6.92 Å². The molecule has 0 saturated carbocycles. The SMILES string of the molecule is CCCOc1cc(C(C)=O)c2ccccc2c1. The summed E-state index contributed by atoms with van der Waals surface area (Å²) in [5, 5.41) is 2.04. The average molecular weight is 228 g/mol. The van der Waals surface area contributed by atoms with Crippen molar-refractivity contribution < 1.29 is 9.53 Å². The van der Waals surface area contributed by atoms with Gasteiger partial charge in [-0.25, -0.2) is 0 Å². The van der Waals surface area contributed by atoms with Gasteiger partial charge in [0.25, 0.3) is 0 Å². The van der Waals surface area contributed by atoms with E-state index in [0.717, 1.165) is 28.5 Å². The van der Waals surface area contributed by atoms with Gasteiger partial charge in [0.2, 0.25) is 0 Å². The summed E-state index contributed by atoms with van der Waals surface area (Å²) in [5.74, 6) is 0.846. The lowest BCUT2D eigenvalue weighted by Gasteiger charge is -2.09. The molecule has 0 aliphatic rings. The molecule has 2 aromatic rings. The minimum absolute atomic E-state index is 0.0724. The highest BCUT2D eigenvalue weighted by atomic mass is 16.5. The zero-order chi connectivity index (χ0) is 12.3. The van der Waals surface area contributed by atoms with Crippen LogP contribution in [0, 0.1) is 0 Å². The third-order valence-electron chi connectivity index (χ3n) is 2.69. The summed E-state index contributed by atoms with van der Waals surface area (Å²) in [6.07, 6.45) is 0.961. The molecule has 0 fully saturated rings. The van der Waals surface area contributed by atoms with E-state index in [0.29, 0.717) is 6.61 Å². The molecule has 0 N–H and O–H groups in total. The van der Waals surface area contributed by atoms with Crippen molar-refractivity contribution in [2.45, 2.75) is 20.3 Å². The maximum Gasteiger partial charge on any atom is 0.160 e. The van der Waals surface area contributed by atoms with Gasteiger partial charge in [-0.05, 0) is 36.2 Å².